The quantitative estimate of drug-likeness (QED) is 0.844. The lowest BCUT2D eigenvalue weighted by molar-refractivity contribution is -0.142. The number of esters is 1. The van der Waals surface area contributed by atoms with E-state index >= 15 is 0 Å². The van der Waals surface area contributed by atoms with Crippen LogP contribution in [-0.4, -0.2) is 19.1 Å². The van der Waals surface area contributed by atoms with Gasteiger partial charge in [-0.05, 0) is 43.0 Å². The minimum Gasteiger partial charge on any atom is -0.468 e. The summed E-state index contributed by atoms with van der Waals surface area (Å²) in [6, 6.07) is 2.23. The molecule has 0 saturated carbocycles. The Kier molecular flexibility index (Phi) is 4.90. The number of ether oxygens (including phenoxy) is 1. The summed E-state index contributed by atoms with van der Waals surface area (Å²) < 4.78 is 17.8. The Morgan fingerprint density at radius 2 is 2.24 bits per heavy atom. The molecule has 0 amide bonds. The molecule has 1 aromatic rings. The van der Waals surface area contributed by atoms with Gasteiger partial charge in [0.1, 0.15) is 11.9 Å². The third-order valence-electron chi connectivity index (χ3n) is 2.56. The zero-order valence-electron chi connectivity index (χ0n) is 9.80. The molecule has 0 bridgehead atoms. The highest BCUT2D eigenvalue weighted by Gasteiger charge is 2.14. The van der Waals surface area contributed by atoms with Crippen LogP contribution in [0.2, 0.25) is 5.02 Å². The molecule has 0 radical (unpaired) electrons. The Labute approximate surface area is 105 Å². The van der Waals surface area contributed by atoms with Gasteiger partial charge < -0.3 is 10.5 Å². The smallest absolute Gasteiger partial charge is 0.322 e. The van der Waals surface area contributed by atoms with Gasteiger partial charge in [-0.3, -0.25) is 4.79 Å². The second-order valence-corrected chi connectivity index (χ2v) is 4.27. The van der Waals surface area contributed by atoms with Crippen molar-refractivity contribution in [2.75, 3.05) is 7.11 Å². The average molecular weight is 260 g/mol. The van der Waals surface area contributed by atoms with E-state index in [1.165, 1.54) is 13.2 Å². The Morgan fingerprint density at radius 1 is 1.59 bits per heavy atom. The number of nitrogens with two attached hydrogens (primary N) is 1. The van der Waals surface area contributed by atoms with Crippen LogP contribution in [0.1, 0.15) is 17.5 Å². The maximum Gasteiger partial charge on any atom is 0.322 e. The summed E-state index contributed by atoms with van der Waals surface area (Å²) in [4.78, 5) is 11.1. The average Bonchev–Trinajstić information content (AvgIpc) is 2.30. The van der Waals surface area contributed by atoms with Crippen LogP contribution < -0.4 is 5.73 Å². The SMILES string of the molecule is COC(=O)C(N)CCc1cc(F)c(C)cc1Cl. The Hall–Kier alpha value is -1.13. The molecule has 0 spiro atoms. The van der Waals surface area contributed by atoms with E-state index in [0.717, 1.165) is 0 Å². The number of aryl methyl sites for hydroxylation is 2. The number of rotatable bonds is 4. The van der Waals surface area contributed by atoms with E-state index < -0.39 is 12.0 Å². The summed E-state index contributed by atoms with van der Waals surface area (Å²) in [6.07, 6.45) is 0.807. The third-order valence-corrected chi connectivity index (χ3v) is 2.91. The molecule has 94 valence electrons. The van der Waals surface area contributed by atoms with Gasteiger partial charge in [-0.15, -0.1) is 0 Å². The van der Waals surface area contributed by atoms with E-state index in [-0.39, 0.29) is 5.82 Å². The van der Waals surface area contributed by atoms with E-state index in [0.29, 0.717) is 29.0 Å². The fourth-order valence-electron chi connectivity index (χ4n) is 1.46. The minimum atomic E-state index is -0.708. The molecule has 1 atom stereocenters. The normalized spacial score (nSPS) is 12.3. The first-order chi connectivity index (χ1) is 7.95. The second kappa shape index (κ2) is 5.98. The van der Waals surface area contributed by atoms with Gasteiger partial charge in [-0.25, -0.2) is 4.39 Å². The minimum absolute atomic E-state index is 0.309. The Morgan fingerprint density at radius 3 is 2.82 bits per heavy atom. The molecule has 5 heteroatoms. The van der Waals surface area contributed by atoms with Crippen molar-refractivity contribution in [1.29, 1.82) is 0 Å². The van der Waals surface area contributed by atoms with E-state index in [4.69, 9.17) is 17.3 Å². The Bertz CT molecular complexity index is 423. The van der Waals surface area contributed by atoms with Gasteiger partial charge in [0.05, 0.1) is 7.11 Å². The molecule has 3 nitrogen and oxygen atoms in total. The van der Waals surface area contributed by atoms with Crippen LogP contribution in [0.4, 0.5) is 4.39 Å². The number of methoxy groups -OCH3 is 1. The number of carbonyl (C=O) groups is 1. The zero-order chi connectivity index (χ0) is 13.0. The summed E-state index contributed by atoms with van der Waals surface area (Å²) in [5.74, 6) is -0.787. The molecule has 0 saturated heterocycles. The molecular weight excluding hydrogens is 245 g/mol. The van der Waals surface area contributed by atoms with Gasteiger partial charge in [0.25, 0.3) is 0 Å². The molecule has 0 aromatic heterocycles. The predicted molar refractivity (Wildman–Crippen MR) is 64.5 cm³/mol. The number of hydrogen-bond donors (Lipinski definition) is 1. The maximum absolute atomic E-state index is 13.3. The van der Waals surface area contributed by atoms with Crippen LogP contribution in [0.25, 0.3) is 0 Å². The number of benzene rings is 1. The largest absolute Gasteiger partial charge is 0.468 e. The highest BCUT2D eigenvalue weighted by molar-refractivity contribution is 6.31. The molecule has 0 aliphatic rings. The molecule has 17 heavy (non-hydrogen) atoms. The number of halogens is 2. The molecule has 1 aromatic carbocycles. The molecule has 0 heterocycles. The van der Waals surface area contributed by atoms with Gasteiger partial charge in [0.15, 0.2) is 0 Å². The zero-order valence-corrected chi connectivity index (χ0v) is 10.6. The maximum atomic E-state index is 13.3. The van der Waals surface area contributed by atoms with Gasteiger partial charge in [-0.2, -0.15) is 0 Å². The van der Waals surface area contributed by atoms with E-state index in [1.54, 1.807) is 13.0 Å². The lowest BCUT2D eigenvalue weighted by atomic mass is 10.0. The van der Waals surface area contributed by atoms with Crippen molar-refractivity contribution in [3.63, 3.8) is 0 Å². The van der Waals surface area contributed by atoms with Gasteiger partial charge >= 0.3 is 5.97 Å². The third kappa shape index (κ3) is 3.68. The molecule has 1 rings (SSSR count). The van der Waals surface area contributed by atoms with Crippen molar-refractivity contribution < 1.29 is 13.9 Å². The van der Waals surface area contributed by atoms with Crippen molar-refractivity contribution in [3.05, 3.63) is 34.1 Å². The summed E-state index contributed by atoms with van der Waals surface area (Å²) in [6.45, 7) is 1.64. The Balaban J connectivity index is 2.70. The topological polar surface area (TPSA) is 52.3 Å². The second-order valence-electron chi connectivity index (χ2n) is 3.86. The van der Waals surface area contributed by atoms with E-state index in [1.807, 2.05) is 0 Å². The summed E-state index contributed by atoms with van der Waals surface area (Å²) >= 11 is 5.97. The van der Waals surface area contributed by atoms with Crippen LogP contribution >= 0.6 is 11.6 Å². The fourth-order valence-corrected chi connectivity index (χ4v) is 1.77. The molecular formula is C12H15ClFNO2. The molecule has 0 aliphatic heterocycles. The van der Waals surface area contributed by atoms with Crippen molar-refractivity contribution in [1.82, 2.24) is 0 Å². The molecule has 2 N–H and O–H groups in total. The lowest BCUT2D eigenvalue weighted by Crippen LogP contribution is -2.31. The van der Waals surface area contributed by atoms with Gasteiger partial charge in [0.2, 0.25) is 0 Å². The highest BCUT2D eigenvalue weighted by atomic mass is 35.5. The fraction of sp³-hybridized carbons (Fsp3) is 0.417. The van der Waals surface area contributed by atoms with Crippen LogP contribution in [-0.2, 0) is 16.0 Å². The number of hydrogen-bond acceptors (Lipinski definition) is 3. The highest BCUT2D eigenvalue weighted by Crippen LogP contribution is 2.22. The van der Waals surface area contributed by atoms with Gasteiger partial charge in [-0.1, -0.05) is 11.6 Å². The summed E-state index contributed by atoms with van der Waals surface area (Å²) in [5.41, 5.74) is 6.73. The van der Waals surface area contributed by atoms with Crippen molar-refractivity contribution >= 4 is 17.6 Å². The monoisotopic (exact) mass is 259 g/mol. The van der Waals surface area contributed by atoms with Crippen LogP contribution in [0.5, 0.6) is 0 Å². The van der Waals surface area contributed by atoms with E-state index in [2.05, 4.69) is 4.74 Å². The lowest BCUT2D eigenvalue weighted by Gasteiger charge is -2.10. The first kappa shape index (κ1) is 13.9. The standard InChI is InChI=1S/C12H15ClFNO2/c1-7-5-9(13)8(6-10(7)14)3-4-11(15)12(16)17-2/h5-6,11H,3-4,15H2,1-2H3. The van der Waals surface area contributed by atoms with Crippen LogP contribution in [0.3, 0.4) is 0 Å². The predicted octanol–water partition coefficient (Wildman–Crippen LogP) is 2.22. The van der Waals surface area contributed by atoms with Crippen molar-refractivity contribution in [2.45, 2.75) is 25.8 Å². The molecule has 0 fully saturated rings. The van der Waals surface area contributed by atoms with Crippen LogP contribution in [0, 0.1) is 12.7 Å². The van der Waals surface area contributed by atoms with Crippen molar-refractivity contribution in [2.24, 2.45) is 5.73 Å². The first-order valence-electron chi connectivity index (χ1n) is 5.23. The van der Waals surface area contributed by atoms with Crippen LogP contribution in [0.15, 0.2) is 12.1 Å². The molecule has 1 unspecified atom stereocenters. The summed E-state index contributed by atoms with van der Waals surface area (Å²) in [5, 5.41) is 0.487. The van der Waals surface area contributed by atoms with Crippen molar-refractivity contribution in [3.8, 4) is 0 Å². The first-order valence-corrected chi connectivity index (χ1v) is 5.61. The van der Waals surface area contributed by atoms with Gasteiger partial charge in [0, 0.05) is 5.02 Å². The van der Waals surface area contributed by atoms with E-state index in [9.17, 15) is 9.18 Å². The summed E-state index contributed by atoms with van der Waals surface area (Å²) in [7, 11) is 1.28. The number of carbonyl (C=O) groups excluding carboxylic acids is 1. The molecule has 0 aliphatic carbocycles.